The van der Waals surface area contributed by atoms with Crippen molar-refractivity contribution < 1.29 is 19.7 Å². The van der Waals surface area contributed by atoms with Crippen molar-refractivity contribution >= 4 is 6.09 Å². The second-order valence-corrected chi connectivity index (χ2v) is 9.50. The van der Waals surface area contributed by atoms with Crippen LogP contribution in [0.1, 0.15) is 53.0 Å². The van der Waals surface area contributed by atoms with E-state index in [2.05, 4.69) is 17.0 Å². The molecule has 2 N–H and O–H groups in total. The highest BCUT2D eigenvalue weighted by molar-refractivity contribution is 5.68. The van der Waals surface area contributed by atoms with Gasteiger partial charge < -0.3 is 19.8 Å². The fourth-order valence-electron chi connectivity index (χ4n) is 3.33. The van der Waals surface area contributed by atoms with E-state index in [1.165, 1.54) is 0 Å². The van der Waals surface area contributed by atoms with Crippen LogP contribution in [0.25, 0.3) is 0 Å². The molecule has 0 aromatic heterocycles. The van der Waals surface area contributed by atoms with Crippen LogP contribution in [-0.4, -0.2) is 69.1 Å². The summed E-state index contributed by atoms with van der Waals surface area (Å²) in [6.45, 7) is 11.5. The Bertz CT molecular complexity index is 632. The third kappa shape index (κ3) is 6.47. The zero-order valence-electron chi connectivity index (χ0n) is 17.9. The number of aliphatic hydroxyl groups excluding tert-OH is 1. The van der Waals surface area contributed by atoms with E-state index < -0.39 is 16.7 Å². The molecule has 0 unspecified atom stereocenters. The molecule has 1 aliphatic heterocycles. The van der Waals surface area contributed by atoms with Gasteiger partial charge in [-0.2, -0.15) is 0 Å². The normalized spacial score (nSPS) is 17.6. The maximum Gasteiger partial charge on any atom is 0.410 e. The van der Waals surface area contributed by atoms with Gasteiger partial charge in [-0.05, 0) is 53.0 Å². The number of carbonyl (C=O) groups is 1. The van der Waals surface area contributed by atoms with Gasteiger partial charge in [-0.3, -0.25) is 4.90 Å². The molecule has 1 saturated heterocycles. The lowest BCUT2D eigenvalue weighted by molar-refractivity contribution is -0.0755. The Morgan fingerprint density at radius 1 is 1.14 bits per heavy atom. The first kappa shape index (κ1) is 22.7. The molecule has 1 fully saturated rings. The fourth-order valence-corrected chi connectivity index (χ4v) is 3.33. The Morgan fingerprint density at radius 3 is 2.21 bits per heavy atom. The highest BCUT2D eigenvalue weighted by Gasteiger charge is 2.39. The van der Waals surface area contributed by atoms with Crippen molar-refractivity contribution in [3.63, 3.8) is 0 Å². The molecule has 1 aliphatic rings. The van der Waals surface area contributed by atoms with Crippen LogP contribution in [0.15, 0.2) is 30.3 Å². The molecular formula is C22H36N2O4. The summed E-state index contributed by atoms with van der Waals surface area (Å²) in [6, 6.07) is 10.1. The minimum atomic E-state index is -0.903. The fraction of sp³-hybridized carbons (Fsp3) is 0.682. The highest BCUT2D eigenvalue weighted by Crippen LogP contribution is 2.28. The van der Waals surface area contributed by atoms with Gasteiger partial charge in [0, 0.05) is 31.7 Å². The van der Waals surface area contributed by atoms with E-state index in [4.69, 9.17) is 4.74 Å². The number of carbonyl (C=O) groups excluding carboxylic acids is 1. The highest BCUT2D eigenvalue weighted by atomic mass is 16.6. The van der Waals surface area contributed by atoms with Crippen molar-refractivity contribution in [2.45, 2.75) is 70.7 Å². The van der Waals surface area contributed by atoms with Crippen LogP contribution in [0, 0.1) is 0 Å². The molecule has 0 saturated carbocycles. The molecule has 1 heterocycles. The van der Waals surface area contributed by atoms with E-state index in [0.29, 0.717) is 39.0 Å². The van der Waals surface area contributed by atoms with Crippen LogP contribution >= 0.6 is 0 Å². The molecule has 0 aliphatic carbocycles. The number of hydrogen-bond acceptors (Lipinski definition) is 5. The maximum absolute atomic E-state index is 12.3. The molecule has 1 aromatic rings. The van der Waals surface area contributed by atoms with Crippen LogP contribution in [0.2, 0.25) is 0 Å². The van der Waals surface area contributed by atoms with E-state index in [1.54, 1.807) is 4.90 Å². The van der Waals surface area contributed by atoms with Gasteiger partial charge in [-0.25, -0.2) is 4.79 Å². The first-order valence-corrected chi connectivity index (χ1v) is 10.0. The lowest BCUT2D eigenvalue weighted by Crippen LogP contribution is -2.57. The molecule has 6 nitrogen and oxygen atoms in total. The predicted molar refractivity (Wildman–Crippen MR) is 110 cm³/mol. The number of β-amino-alcohol motifs (C(OH)–C–C–N with tert-alkyl or cyclic N) is 1. The molecule has 1 aromatic carbocycles. The first-order valence-electron chi connectivity index (χ1n) is 10.0. The number of piperidine rings is 1. The average Bonchev–Trinajstić information content (AvgIpc) is 2.61. The van der Waals surface area contributed by atoms with E-state index in [9.17, 15) is 15.0 Å². The summed E-state index contributed by atoms with van der Waals surface area (Å²) >= 11 is 0. The Labute approximate surface area is 169 Å². The third-order valence-corrected chi connectivity index (χ3v) is 5.29. The van der Waals surface area contributed by atoms with Gasteiger partial charge in [0.1, 0.15) is 5.60 Å². The number of hydrogen-bond donors (Lipinski definition) is 2. The van der Waals surface area contributed by atoms with E-state index in [1.807, 2.05) is 52.8 Å². The minimum absolute atomic E-state index is 0.0000524. The van der Waals surface area contributed by atoms with Crippen LogP contribution in [0.3, 0.4) is 0 Å². The van der Waals surface area contributed by atoms with E-state index >= 15 is 0 Å². The minimum Gasteiger partial charge on any atom is -0.444 e. The van der Waals surface area contributed by atoms with Gasteiger partial charge in [-0.1, -0.05) is 30.3 Å². The van der Waals surface area contributed by atoms with Gasteiger partial charge in [0.05, 0.1) is 12.2 Å². The van der Waals surface area contributed by atoms with Crippen molar-refractivity contribution in [2.75, 3.05) is 26.2 Å². The van der Waals surface area contributed by atoms with E-state index in [0.717, 1.165) is 5.56 Å². The number of benzene rings is 1. The number of likely N-dealkylation sites (tertiary alicyclic amines) is 1. The van der Waals surface area contributed by atoms with Crippen LogP contribution < -0.4 is 0 Å². The SMILES string of the molecule is CC(C)(C)OC(=O)N1CCC(O)(CN(Cc2ccccc2)C(C)(C)CO)CC1. The van der Waals surface area contributed by atoms with Crippen molar-refractivity contribution in [1.82, 2.24) is 9.80 Å². The second kappa shape index (κ2) is 8.80. The first-order chi connectivity index (χ1) is 12.9. The number of rotatable bonds is 6. The van der Waals surface area contributed by atoms with Gasteiger partial charge in [0.2, 0.25) is 0 Å². The smallest absolute Gasteiger partial charge is 0.410 e. The lowest BCUT2D eigenvalue weighted by atomic mass is 9.88. The van der Waals surface area contributed by atoms with Gasteiger partial charge in [-0.15, -0.1) is 0 Å². The molecule has 0 spiro atoms. The topological polar surface area (TPSA) is 73.2 Å². The van der Waals surface area contributed by atoms with Gasteiger partial charge in [0.15, 0.2) is 0 Å². The monoisotopic (exact) mass is 392 g/mol. The van der Waals surface area contributed by atoms with Gasteiger partial charge in [0.25, 0.3) is 0 Å². The van der Waals surface area contributed by atoms with E-state index in [-0.39, 0.29) is 12.7 Å². The van der Waals surface area contributed by atoms with Crippen molar-refractivity contribution in [3.05, 3.63) is 35.9 Å². The predicted octanol–water partition coefficient (Wildman–Crippen LogP) is 3.02. The molecule has 0 bridgehead atoms. The van der Waals surface area contributed by atoms with Crippen LogP contribution in [-0.2, 0) is 11.3 Å². The largest absolute Gasteiger partial charge is 0.444 e. The number of aliphatic hydroxyl groups is 2. The zero-order chi connectivity index (χ0) is 21.0. The average molecular weight is 393 g/mol. The zero-order valence-corrected chi connectivity index (χ0v) is 17.9. The standard InChI is InChI=1S/C22H36N2O4/c1-20(2,3)28-19(26)23-13-11-22(27,12-14-23)16-24(21(4,5)17-25)15-18-9-7-6-8-10-18/h6-10,25,27H,11-17H2,1-5H3. The van der Waals surface area contributed by atoms with Crippen LogP contribution in [0.4, 0.5) is 4.79 Å². The summed E-state index contributed by atoms with van der Waals surface area (Å²) in [5.41, 5.74) is -0.755. The van der Waals surface area contributed by atoms with Crippen molar-refractivity contribution in [3.8, 4) is 0 Å². The Hall–Kier alpha value is -1.63. The number of ether oxygens (including phenoxy) is 1. The summed E-state index contributed by atoms with van der Waals surface area (Å²) in [5.74, 6) is 0. The Balaban J connectivity index is 2.03. The summed E-state index contributed by atoms with van der Waals surface area (Å²) in [7, 11) is 0. The second-order valence-electron chi connectivity index (χ2n) is 9.50. The molecule has 0 radical (unpaired) electrons. The molecule has 0 atom stereocenters. The summed E-state index contributed by atoms with van der Waals surface area (Å²) in [4.78, 5) is 16.1. The Morgan fingerprint density at radius 2 is 1.71 bits per heavy atom. The summed E-state index contributed by atoms with van der Waals surface area (Å²) in [6.07, 6.45) is 0.643. The molecule has 1 amide bonds. The summed E-state index contributed by atoms with van der Waals surface area (Å²) < 4.78 is 5.44. The molecule has 6 heteroatoms. The Kier molecular flexibility index (Phi) is 7.12. The van der Waals surface area contributed by atoms with Crippen molar-refractivity contribution in [1.29, 1.82) is 0 Å². The molecule has 158 valence electrons. The number of amides is 1. The lowest BCUT2D eigenvalue weighted by Gasteiger charge is -2.45. The quantitative estimate of drug-likeness (QED) is 0.779. The van der Waals surface area contributed by atoms with Crippen LogP contribution in [0.5, 0.6) is 0 Å². The maximum atomic E-state index is 12.3. The van der Waals surface area contributed by atoms with Crippen molar-refractivity contribution in [2.24, 2.45) is 0 Å². The molecular weight excluding hydrogens is 356 g/mol. The van der Waals surface area contributed by atoms with Gasteiger partial charge >= 0.3 is 6.09 Å². The third-order valence-electron chi connectivity index (χ3n) is 5.29. The number of nitrogens with zero attached hydrogens (tertiary/aromatic N) is 2. The molecule has 2 rings (SSSR count). The summed E-state index contributed by atoms with van der Waals surface area (Å²) in [5, 5.41) is 21.1. The molecule has 28 heavy (non-hydrogen) atoms.